The molecule has 1 aliphatic carbocycles. The van der Waals surface area contributed by atoms with E-state index in [4.69, 9.17) is 0 Å². The van der Waals surface area contributed by atoms with E-state index in [1.165, 1.54) is 34.9 Å². The van der Waals surface area contributed by atoms with Gasteiger partial charge in [-0.15, -0.1) is 11.3 Å². The largest absolute Gasteiger partial charge is 0.356 e. The predicted molar refractivity (Wildman–Crippen MR) is 85.1 cm³/mol. The van der Waals surface area contributed by atoms with E-state index >= 15 is 0 Å². The smallest absolute Gasteiger partial charge is 0.223 e. The zero-order chi connectivity index (χ0) is 13.8. The lowest BCUT2D eigenvalue weighted by Crippen LogP contribution is -2.33. The molecule has 20 heavy (non-hydrogen) atoms. The summed E-state index contributed by atoms with van der Waals surface area (Å²) < 4.78 is 1.33. The van der Waals surface area contributed by atoms with Gasteiger partial charge >= 0.3 is 0 Å². The molecule has 0 atom stereocenters. The fourth-order valence-corrected chi connectivity index (χ4v) is 4.05. The topological polar surface area (TPSA) is 29.1 Å². The quantitative estimate of drug-likeness (QED) is 0.899. The van der Waals surface area contributed by atoms with E-state index in [0.717, 1.165) is 25.8 Å². The van der Waals surface area contributed by atoms with Crippen LogP contribution in [0.1, 0.15) is 37.7 Å². The molecule has 2 aromatic rings. The molecule has 0 unspecified atom stereocenters. The van der Waals surface area contributed by atoms with Gasteiger partial charge in [-0.3, -0.25) is 4.79 Å². The number of hydrogen-bond acceptors (Lipinski definition) is 2. The molecule has 1 aliphatic rings. The number of rotatable bonds is 4. The van der Waals surface area contributed by atoms with E-state index in [2.05, 4.69) is 35.0 Å². The van der Waals surface area contributed by atoms with Crippen LogP contribution in [-0.2, 0) is 11.2 Å². The number of nitrogens with one attached hydrogen (secondary N) is 1. The van der Waals surface area contributed by atoms with Gasteiger partial charge in [-0.2, -0.15) is 0 Å². The highest BCUT2D eigenvalue weighted by Crippen LogP contribution is 2.26. The minimum Gasteiger partial charge on any atom is -0.356 e. The highest BCUT2D eigenvalue weighted by atomic mass is 32.1. The molecule has 1 heterocycles. The Morgan fingerprint density at radius 3 is 2.85 bits per heavy atom. The van der Waals surface area contributed by atoms with Crippen molar-refractivity contribution in [2.24, 2.45) is 5.92 Å². The summed E-state index contributed by atoms with van der Waals surface area (Å²) in [6.45, 7) is 0.760. The molecule has 0 saturated heterocycles. The van der Waals surface area contributed by atoms with Crippen LogP contribution in [0, 0.1) is 5.92 Å². The van der Waals surface area contributed by atoms with Crippen molar-refractivity contribution in [3.8, 4) is 0 Å². The summed E-state index contributed by atoms with van der Waals surface area (Å²) in [6, 6.07) is 8.49. The first-order valence-corrected chi connectivity index (χ1v) is 8.45. The summed E-state index contributed by atoms with van der Waals surface area (Å²) in [6.07, 6.45) is 6.81. The predicted octanol–water partition coefficient (Wildman–Crippen LogP) is 4.14. The number of thiophene rings is 1. The van der Waals surface area contributed by atoms with E-state index < -0.39 is 0 Å². The minimum absolute atomic E-state index is 0.267. The zero-order valence-electron chi connectivity index (χ0n) is 11.7. The van der Waals surface area contributed by atoms with Crippen molar-refractivity contribution in [3.05, 3.63) is 35.2 Å². The molecular weight excluding hydrogens is 266 g/mol. The Morgan fingerprint density at radius 1 is 1.20 bits per heavy atom. The highest BCUT2D eigenvalue weighted by Gasteiger charge is 2.20. The second-order valence-electron chi connectivity index (χ2n) is 5.63. The third kappa shape index (κ3) is 3.04. The van der Waals surface area contributed by atoms with Gasteiger partial charge < -0.3 is 5.32 Å². The summed E-state index contributed by atoms with van der Waals surface area (Å²) in [4.78, 5) is 12.1. The van der Waals surface area contributed by atoms with Crippen LogP contribution in [0.4, 0.5) is 0 Å². The summed E-state index contributed by atoms with van der Waals surface area (Å²) >= 11 is 1.79. The van der Waals surface area contributed by atoms with Crippen molar-refractivity contribution in [2.45, 2.75) is 38.5 Å². The Kier molecular flexibility index (Phi) is 4.36. The van der Waals surface area contributed by atoms with E-state index in [9.17, 15) is 4.79 Å². The van der Waals surface area contributed by atoms with Crippen molar-refractivity contribution in [1.29, 1.82) is 0 Å². The van der Waals surface area contributed by atoms with Crippen molar-refractivity contribution < 1.29 is 4.79 Å². The van der Waals surface area contributed by atoms with Gasteiger partial charge in [0.2, 0.25) is 5.91 Å². The molecule has 1 fully saturated rings. The van der Waals surface area contributed by atoms with E-state index in [1.807, 2.05) is 0 Å². The molecule has 1 N–H and O–H groups in total. The van der Waals surface area contributed by atoms with Crippen molar-refractivity contribution in [3.63, 3.8) is 0 Å². The van der Waals surface area contributed by atoms with Crippen LogP contribution in [0.3, 0.4) is 0 Å². The molecule has 3 rings (SSSR count). The zero-order valence-corrected chi connectivity index (χ0v) is 12.5. The van der Waals surface area contributed by atoms with Crippen molar-refractivity contribution in [1.82, 2.24) is 5.32 Å². The highest BCUT2D eigenvalue weighted by molar-refractivity contribution is 7.17. The summed E-state index contributed by atoms with van der Waals surface area (Å²) in [7, 11) is 0. The number of amides is 1. The Bertz CT molecular complexity index is 583. The van der Waals surface area contributed by atoms with Crippen molar-refractivity contribution in [2.75, 3.05) is 6.54 Å². The lowest BCUT2D eigenvalue weighted by molar-refractivity contribution is -0.125. The molecule has 0 aliphatic heterocycles. The third-order valence-corrected chi connectivity index (χ3v) is 5.24. The van der Waals surface area contributed by atoms with E-state index in [0.29, 0.717) is 0 Å². The van der Waals surface area contributed by atoms with Gasteiger partial charge in [0.25, 0.3) is 0 Å². The molecular formula is C17H21NOS. The fourth-order valence-electron chi connectivity index (χ4n) is 3.06. The van der Waals surface area contributed by atoms with Gasteiger partial charge in [0, 0.05) is 17.2 Å². The first kappa shape index (κ1) is 13.6. The Balaban J connectivity index is 1.53. The Labute approximate surface area is 124 Å². The van der Waals surface area contributed by atoms with Crippen LogP contribution in [0.2, 0.25) is 0 Å². The number of carbonyl (C=O) groups is 1. The first-order chi connectivity index (χ1) is 9.84. The second-order valence-corrected chi connectivity index (χ2v) is 6.54. The van der Waals surface area contributed by atoms with Crippen molar-refractivity contribution >= 4 is 27.3 Å². The van der Waals surface area contributed by atoms with Crippen LogP contribution in [0.5, 0.6) is 0 Å². The van der Waals surface area contributed by atoms with Crippen LogP contribution in [-0.4, -0.2) is 12.5 Å². The maximum absolute atomic E-state index is 12.1. The number of carbonyl (C=O) groups excluding carboxylic acids is 1. The van der Waals surface area contributed by atoms with Crippen LogP contribution in [0.15, 0.2) is 29.6 Å². The molecule has 0 radical (unpaired) electrons. The maximum Gasteiger partial charge on any atom is 0.223 e. The molecule has 0 spiro atoms. The lowest BCUT2D eigenvalue weighted by atomic mass is 9.88. The lowest BCUT2D eigenvalue weighted by Gasteiger charge is -2.20. The average Bonchev–Trinajstić information content (AvgIpc) is 2.92. The fraction of sp³-hybridized carbons (Fsp3) is 0.471. The van der Waals surface area contributed by atoms with Gasteiger partial charge in [-0.05, 0) is 41.7 Å². The molecule has 3 heteroatoms. The average molecular weight is 287 g/mol. The molecule has 1 amide bonds. The first-order valence-electron chi connectivity index (χ1n) is 7.57. The monoisotopic (exact) mass is 287 g/mol. The second kappa shape index (κ2) is 6.40. The molecule has 2 nitrogen and oxygen atoms in total. The SMILES string of the molecule is O=C(NCCc1csc2ccccc12)C1CCCCC1. The van der Waals surface area contributed by atoms with E-state index in [-0.39, 0.29) is 11.8 Å². The Morgan fingerprint density at radius 2 is 2.00 bits per heavy atom. The number of fused-ring (bicyclic) bond motifs is 1. The number of hydrogen-bond donors (Lipinski definition) is 1. The Hall–Kier alpha value is -1.35. The molecule has 1 saturated carbocycles. The van der Waals surface area contributed by atoms with E-state index in [1.54, 1.807) is 11.3 Å². The standard InChI is InChI=1S/C17H21NOS/c19-17(13-6-2-1-3-7-13)18-11-10-14-12-20-16-9-5-4-8-15(14)16/h4-5,8-9,12-13H,1-3,6-7,10-11H2,(H,18,19). The van der Waals surface area contributed by atoms with Gasteiger partial charge in [0.05, 0.1) is 0 Å². The normalized spacial score (nSPS) is 16.4. The third-order valence-electron chi connectivity index (χ3n) is 4.23. The maximum atomic E-state index is 12.1. The van der Waals surface area contributed by atoms with Crippen LogP contribution >= 0.6 is 11.3 Å². The molecule has 1 aromatic carbocycles. The summed E-state index contributed by atoms with van der Waals surface area (Å²) in [5, 5.41) is 6.68. The summed E-state index contributed by atoms with van der Waals surface area (Å²) in [5.41, 5.74) is 1.36. The van der Waals surface area contributed by atoms with Crippen LogP contribution < -0.4 is 5.32 Å². The summed E-state index contributed by atoms with van der Waals surface area (Å²) in [5.74, 6) is 0.534. The molecule has 0 bridgehead atoms. The minimum atomic E-state index is 0.267. The van der Waals surface area contributed by atoms with Gasteiger partial charge in [0.15, 0.2) is 0 Å². The van der Waals surface area contributed by atoms with Gasteiger partial charge in [-0.1, -0.05) is 37.5 Å². The van der Waals surface area contributed by atoms with Crippen LogP contribution in [0.25, 0.3) is 10.1 Å². The molecule has 106 valence electrons. The van der Waals surface area contributed by atoms with Gasteiger partial charge in [-0.25, -0.2) is 0 Å². The van der Waals surface area contributed by atoms with Gasteiger partial charge in [0.1, 0.15) is 0 Å². The number of benzene rings is 1. The molecule has 1 aromatic heterocycles.